The van der Waals surface area contributed by atoms with E-state index >= 15 is 0 Å². The number of hydrogen-bond donors (Lipinski definition) is 2. The van der Waals surface area contributed by atoms with Crippen molar-refractivity contribution in [1.29, 1.82) is 0 Å². The molecular weight excluding hydrogens is 353 g/mol. The van der Waals surface area contributed by atoms with Crippen LogP contribution in [0, 0.1) is 5.82 Å². The number of nitrogens with zero attached hydrogens (tertiary/aromatic N) is 3. The molecule has 3 heterocycles. The van der Waals surface area contributed by atoms with Crippen molar-refractivity contribution in [2.24, 2.45) is 0 Å². The third-order valence-corrected chi connectivity index (χ3v) is 5.23. The maximum absolute atomic E-state index is 13.3. The summed E-state index contributed by atoms with van der Waals surface area (Å²) in [6.45, 7) is 1.93. The maximum atomic E-state index is 13.3. The van der Waals surface area contributed by atoms with Gasteiger partial charge in [-0.1, -0.05) is 0 Å². The number of carbonyl (C=O) groups is 2. The highest BCUT2D eigenvalue weighted by atomic mass is 19.1. The Bertz CT molecular complexity index is 885. The van der Waals surface area contributed by atoms with Crippen LogP contribution in [0.25, 0.3) is 11.0 Å². The highest BCUT2D eigenvalue weighted by Crippen LogP contribution is 2.32. The zero-order valence-electron chi connectivity index (χ0n) is 15.1. The summed E-state index contributed by atoms with van der Waals surface area (Å²) in [6.07, 6.45) is 1.86. The third kappa shape index (κ3) is 3.54. The van der Waals surface area contributed by atoms with Crippen LogP contribution in [-0.2, 0) is 11.3 Å². The molecule has 0 bridgehead atoms. The quantitative estimate of drug-likeness (QED) is 0.842. The highest BCUT2D eigenvalue weighted by Gasteiger charge is 2.44. The van der Waals surface area contributed by atoms with Crippen LogP contribution in [0.1, 0.15) is 25.1 Å². The first-order valence-corrected chi connectivity index (χ1v) is 9.05. The van der Waals surface area contributed by atoms with E-state index in [0.29, 0.717) is 42.9 Å². The molecule has 1 spiro atoms. The predicted molar refractivity (Wildman–Crippen MR) is 95.6 cm³/mol. The molecule has 2 saturated heterocycles. The van der Waals surface area contributed by atoms with Crippen molar-refractivity contribution in [1.82, 2.24) is 25.1 Å². The van der Waals surface area contributed by atoms with Gasteiger partial charge in [0.25, 0.3) is 0 Å². The number of benzene rings is 1. The van der Waals surface area contributed by atoms with Crippen LogP contribution in [-0.4, -0.2) is 64.2 Å². The fraction of sp³-hybridized carbons (Fsp3) is 0.500. The average Bonchev–Trinajstić information content (AvgIpc) is 3.07. The first-order chi connectivity index (χ1) is 12.9. The van der Waals surface area contributed by atoms with E-state index in [-0.39, 0.29) is 24.5 Å². The lowest BCUT2D eigenvalue weighted by atomic mass is 9.95. The minimum atomic E-state index is -0.482. The molecule has 2 N–H and O–H groups in total. The Labute approximate surface area is 155 Å². The van der Waals surface area contributed by atoms with E-state index in [2.05, 4.69) is 15.3 Å². The van der Waals surface area contributed by atoms with Crippen molar-refractivity contribution in [2.45, 2.75) is 31.4 Å². The molecule has 2 fully saturated rings. The van der Waals surface area contributed by atoms with Crippen LogP contribution in [0.2, 0.25) is 0 Å². The normalized spacial score (nSPS) is 23.0. The number of amides is 3. The van der Waals surface area contributed by atoms with Gasteiger partial charge in [0.1, 0.15) is 17.2 Å². The summed E-state index contributed by atoms with van der Waals surface area (Å²) in [5, 5.41) is 2.85. The monoisotopic (exact) mass is 375 g/mol. The van der Waals surface area contributed by atoms with Gasteiger partial charge < -0.3 is 24.8 Å². The van der Waals surface area contributed by atoms with Crippen LogP contribution >= 0.6 is 0 Å². The molecule has 4 rings (SSSR count). The Hall–Kier alpha value is -2.84. The molecule has 0 saturated carbocycles. The van der Waals surface area contributed by atoms with Gasteiger partial charge in [0.15, 0.2) is 0 Å². The number of urea groups is 1. The standard InChI is InChI=1S/C18H22FN5O3/c1-23-11-18(27-17(23)26)5-2-7-24(8-6-18)16(25)20-10-15-21-13-4-3-12(19)9-14(13)22-15/h3-4,9H,2,5-8,10-11H2,1H3,(H,20,25)(H,21,22). The molecule has 3 amide bonds. The van der Waals surface area contributed by atoms with Gasteiger partial charge in [0, 0.05) is 26.6 Å². The highest BCUT2D eigenvalue weighted by molar-refractivity contribution is 5.76. The van der Waals surface area contributed by atoms with E-state index in [4.69, 9.17) is 4.74 Å². The number of ether oxygens (including phenoxy) is 1. The molecule has 2 aliphatic heterocycles. The molecule has 27 heavy (non-hydrogen) atoms. The van der Waals surface area contributed by atoms with Crippen LogP contribution in [0.5, 0.6) is 0 Å². The number of halogens is 1. The van der Waals surface area contributed by atoms with Gasteiger partial charge in [0.2, 0.25) is 0 Å². The Morgan fingerprint density at radius 3 is 3.04 bits per heavy atom. The zero-order valence-corrected chi connectivity index (χ0v) is 15.1. The Balaban J connectivity index is 1.35. The lowest BCUT2D eigenvalue weighted by Crippen LogP contribution is -2.41. The number of imidazole rings is 1. The number of aromatic nitrogens is 2. The summed E-state index contributed by atoms with van der Waals surface area (Å²) in [5.74, 6) is 0.236. The molecule has 2 aromatic rings. The molecule has 1 aromatic heterocycles. The van der Waals surface area contributed by atoms with Crippen molar-refractivity contribution in [3.8, 4) is 0 Å². The molecule has 2 aliphatic rings. The number of rotatable bonds is 2. The van der Waals surface area contributed by atoms with Crippen molar-refractivity contribution >= 4 is 23.2 Å². The van der Waals surface area contributed by atoms with E-state index < -0.39 is 5.60 Å². The van der Waals surface area contributed by atoms with Gasteiger partial charge in [0.05, 0.1) is 24.1 Å². The predicted octanol–water partition coefficient (Wildman–Crippen LogP) is 2.22. The topological polar surface area (TPSA) is 90.6 Å². The number of hydrogen-bond acceptors (Lipinski definition) is 4. The van der Waals surface area contributed by atoms with Crippen LogP contribution in [0.4, 0.5) is 14.0 Å². The number of H-pyrrole nitrogens is 1. The molecular formula is C18H22FN5O3. The van der Waals surface area contributed by atoms with Gasteiger partial charge in [-0.15, -0.1) is 0 Å². The Morgan fingerprint density at radius 1 is 1.41 bits per heavy atom. The van der Waals surface area contributed by atoms with Crippen molar-refractivity contribution in [3.05, 3.63) is 29.8 Å². The summed E-state index contributed by atoms with van der Waals surface area (Å²) in [4.78, 5) is 34.9. The molecule has 1 atom stereocenters. The van der Waals surface area contributed by atoms with Crippen molar-refractivity contribution in [2.75, 3.05) is 26.7 Å². The molecule has 1 unspecified atom stereocenters. The van der Waals surface area contributed by atoms with E-state index in [1.54, 1.807) is 22.9 Å². The molecule has 144 valence electrons. The Kier molecular flexibility index (Phi) is 4.37. The second-order valence-corrected chi connectivity index (χ2v) is 7.25. The van der Waals surface area contributed by atoms with E-state index in [9.17, 15) is 14.0 Å². The van der Waals surface area contributed by atoms with Crippen LogP contribution in [0.3, 0.4) is 0 Å². The Morgan fingerprint density at radius 2 is 2.26 bits per heavy atom. The second kappa shape index (κ2) is 6.71. The van der Waals surface area contributed by atoms with Gasteiger partial charge >= 0.3 is 12.1 Å². The smallest absolute Gasteiger partial charge is 0.410 e. The SMILES string of the molecule is CN1CC2(CCCN(C(=O)NCc3nc4ccc(F)cc4[nH]3)CC2)OC1=O. The fourth-order valence-electron chi connectivity index (χ4n) is 3.81. The second-order valence-electron chi connectivity index (χ2n) is 7.25. The lowest BCUT2D eigenvalue weighted by Gasteiger charge is -2.25. The van der Waals surface area contributed by atoms with Crippen LogP contribution in [0.15, 0.2) is 18.2 Å². The van der Waals surface area contributed by atoms with Crippen molar-refractivity contribution in [3.63, 3.8) is 0 Å². The number of aromatic amines is 1. The molecule has 0 aliphatic carbocycles. The third-order valence-electron chi connectivity index (χ3n) is 5.23. The van der Waals surface area contributed by atoms with Gasteiger partial charge in [-0.2, -0.15) is 0 Å². The largest absolute Gasteiger partial charge is 0.441 e. The average molecular weight is 375 g/mol. The van der Waals surface area contributed by atoms with Crippen molar-refractivity contribution < 1.29 is 18.7 Å². The number of fused-ring (bicyclic) bond motifs is 1. The minimum absolute atomic E-state index is 0.184. The summed E-state index contributed by atoms with van der Waals surface area (Å²) in [5.41, 5.74) is 0.775. The van der Waals surface area contributed by atoms with E-state index in [1.807, 2.05) is 0 Å². The van der Waals surface area contributed by atoms with Crippen LogP contribution < -0.4 is 5.32 Å². The molecule has 0 radical (unpaired) electrons. The molecule has 8 nitrogen and oxygen atoms in total. The molecule has 9 heteroatoms. The summed E-state index contributed by atoms with van der Waals surface area (Å²) >= 11 is 0. The minimum Gasteiger partial charge on any atom is -0.441 e. The zero-order chi connectivity index (χ0) is 19.0. The summed E-state index contributed by atoms with van der Waals surface area (Å²) in [6, 6.07) is 4.14. The van der Waals surface area contributed by atoms with E-state index in [1.165, 1.54) is 12.1 Å². The van der Waals surface area contributed by atoms with Gasteiger partial charge in [-0.05, 0) is 31.0 Å². The number of likely N-dealkylation sites (N-methyl/N-ethyl adjacent to an activating group) is 1. The first-order valence-electron chi connectivity index (χ1n) is 9.05. The summed E-state index contributed by atoms with van der Waals surface area (Å²) < 4.78 is 18.8. The lowest BCUT2D eigenvalue weighted by molar-refractivity contribution is 0.0453. The molecule has 1 aromatic carbocycles. The summed E-state index contributed by atoms with van der Waals surface area (Å²) in [7, 11) is 1.73. The number of likely N-dealkylation sites (tertiary alicyclic amines) is 1. The van der Waals surface area contributed by atoms with Gasteiger partial charge in [-0.25, -0.2) is 19.0 Å². The maximum Gasteiger partial charge on any atom is 0.410 e. The van der Waals surface area contributed by atoms with E-state index in [0.717, 1.165) is 12.8 Å². The fourth-order valence-corrected chi connectivity index (χ4v) is 3.81. The van der Waals surface area contributed by atoms with Gasteiger partial charge in [-0.3, -0.25) is 0 Å². The first kappa shape index (κ1) is 17.6. The number of carbonyl (C=O) groups excluding carboxylic acids is 2. The number of nitrogens with one attached hydrogen (secondary N) is 2.